The van der Waals surface area contributed by atoms with Crippen LogP contribution in [0.25, 0.3) is 0 Å². The van der Waals surface area contributed by atoms with Gasteiger partial charge in [0.1, 0.15) is 17.3 Å². The summed E-state index contributed by atoms with van der Waals surface area (Å²) in [5.41, 5.74) is 1.11. The molecule has 0 unspecified atom stereocenters. The molecule has 0 saturated carbocycles. The third-order valence-corrected chi connectivity index (χ3v) is 3.28. The van der Waals surface area contributed by atoms with Gasteiger partial charge in [0.2, 0.25) is 0 Å². The van der Waals surface area contributed by atoms with E-state index in [0.717, 1.165) is 11.3 Å². The Morgan fingerprint density at radius 2 is 1.62 bits per heavy atom. The molecule has 0 aliphatic rings. The van der Waals surface area contributed by atoms with Crippen LogP contribution in [0.1, 0.15) is 22.3 Å². The Morgan fingerprint density at radius 3 is 2.19 bits per heavy atom. The van der Waals surface area contributed by atoms with Gasteiger partial charge in [-0.1, -0.05) is 12.1 Å². The summed E-state index contributed by atoms with van der Waals surface area (Å²) in [5.74, 6) is 0.408. The number of Topliss-reactive ketones (excluding diaryl/α,β-unsaturated/α-hetero) is 1. The number of rotatable bonds is 6. The fraction of sp³-hybridized carbons (Fsp3) is 0.235. The molecular formula is C17H17FO3. The number of methoxy groups -OCH3 is 2. The van der Waals surface area contributed by atoms with E-state index in [2.05, 4.69) is 0 Å². The van der Waals surface area contributed by atoms with E-state index in [1.807, 2.05) is 24.3 Å². The molecule has 2 aromatic carbocycles. The molecule has 0 heterocycles. The van der Waals surface area contributed by atoms with E-state index in [0.29, 0.717) is 12.2 Å². The highest BCUT2D eigenvalue weighted by Gasteiger charge is 2.12. The number of carbonyl (C=O) groups is 1. The summed E-state index contributed by atoms with van der Waals surface area (Å²) in [7, 11) is 3.06. The molecule has 0 amide bonds. The van der Waals surface area contributed by atoms with Gasteiger partial charge < -0.3 is 9.47 Å². The fourth-order valence-electron chi connectivity index (χ4n) is 2.03. The maximum Gasteiger partial charge on any atom is 0.166 e. The van der Waals surface area contributed by atoms with E-state index in [4.69, 9.17) is 9.47 Å². The topological polar surface area (TPSA) is 35.5 Å². The molecule has 0 atom stereocenters. The highest BCUT2D eigenvalue weighted by atomic mass is 19.1. The standard InChI is InChI=1S/C17H17FO3/c1-20-13-6-3-12(4-7-13)5-10-17(19)15-9-8-14(21-2)11-16(15)18/h3-4,6-9,11H,5,10H2,1-2H3. The molecule has 0 saturated heterocycles. The Balaban J connectivity index is 2.00. The summed E-state index contributed by atoms with van der Waals surface area (Å²) < 4.78 is 23.8. The first-order valence-corrected chi connectivity index (χ1v) is 6.63. The summed E-state index contributed by atoms with van der Waals surface area (Å²) in [6.07, 6.45) is 0.823. The molecule has 3 nitrogen and oxygen atoms in total. The quantitative estimate of drug-likeness (QED) is 0.761. The van der Waals surface area contributed by atoms with Crippen LogP contribution in [0.15, 0.2) is 42.5 Å². The van der Waals surface area contributed by atoms with Crippen LogP contribution < -0.4 is 9.47 Å². The van der Waals surface area contributed by atoms with Crippen molar-refractivity contribution in [2.75, 3.05) is 14.2 Å². The monoisotopic (exact) mass is 288 g/mol. The van der Waals surface area contributed by atoms with E-state index in [9.17, 15) is 9.18 Å². The lowest BCUT2D eigenvalue weighted by atomic mass is 10.0. The summed E-state index contributed by atoms with van der Waals surface area (Å²) in [6.45, 7) is 0. The lowest BCUT2D eigenvalue weighted by Gasteiger charge is -2.06. The van der Waals surface area contributed by atoms with Crippen LogP contribution >= 0.6 is 0 Å². The first-order chi connectivity index (χ1) is 10.1. The third-order valence-electron chi connectivity index (χ3n) is 3.28. The van der Waals surface area contributed by atoms with Crippen molar-refractivity contribution in [2.45, 2.75) is 12.8 Å². The molecule has 0 aliphatic heterocycles. The van der Waals surface area contributed by atoms with Gasteiger partial charge in [0.25, 0.3) is 0 Å². The average Bonchev–Trinajstić information content (AvgIpc) is 2.52. The van der Waals surface area contributed by atoms with Gasteiger partial charge in [-0.05, 0) is 36.2 Å². The lowest BCUT2D eigenvalue weighted by molar-refractivity contribution is 0.0979. The highest BCUT2D eigenvalue weighted by Crippen LogP contribution is 2.19. The Labute approximate surface area is 123 Å². The highest BCUT2D eigenvalue weighted by molar-refractivity contribution is 5.96. The SMILES string of the molecule is COc1ccc(CCC(=O)c2ccc(OC)cc2F)cc1. The Kier molecular flexibility index (Phi) is 4.93. The van der Waals surface area contributed by atoms with E-state index >= 15 is 0 Å². The normalized spacial score (nSPS) is 10.2. The maximum absolute atomic E-state index is 13.8. The molecule has 0 N–H and O–H groups in total. The largest absolute Gasteiger partial charge is 0.497 e. The first-order valence-electron chi connectivity index (χ1n) is 6.63. The maximum atomic E-state index is 13.8. The zero-order valence-electron chi connectivity index (χ0n) is 12.1. The van der Waals surface area contributed by atoms with Crippen molar-refractivity contribution in [1.29, 1.82) is 0 Å². The third kappa shape index (κ3) is 3.81. The second kappa shape index (κ2) is 6.88. The van der Waals surface area contributed by atoms with Gasteiger partial charge >= 0.3 is 0 Å². The van der Waals surface area contributed by atoms with E-state index in [1.54, 1.807) is 13.2 Å². The van der Waals surface area contributed by atoms with Gasteiger partial charge in [-0.25, -0.2) is 4.39 Å². The van der Waals surface area contributed by atoms with Crippen molar-refractivity contribution >= 4 is 5.78 Å². The van der Waals surface area contributed by atoms with Crippen LogP contribution in [0.2, 0.25) is 0 Å². The molecule has 0 spiro atoms. The molecule has 0 radical (unpaired) electrons. The summed E-state index contributed by atoms with van der Waals surface area (Å²) in [4.78, 5) is 12.1. The number of carbonyl (C=O) groups excluding carboxylic acids is 1. The second-order valence-electron chi connectivity index (χ2n) is 4.62. The zero-order chi connectivity index (χ0) is 15.2. The van der Waals surface area contributed by atoms with Crippen molar-refractivity contribution < 1.29 is 18.7 Å². The molecule has 2 aromatic rings. The number of hydrogen-bond acceptors (Lipinski definition) is 3. The number of ketones is 1. The molecule has 4 heteroatoms. The number of aryl methyl sites for hydroxylation is 1. The van der Waals surface area contributed by atoms with Gasteiger partial charge in [-0.2, -0.15) is 0 Å². The molecular weight excluding hydrogens is 271 g/mol. The van der Waals surface area contributed by atoms with Crippen LogP contribution in [0, 0.1) is 5.82 Å². The van der Waals surface area contributed by atoms with Gasteiger partial charge in [0, 0.05) is 12.5 Å². The van der Waals surface area contributed by atoms with Crippen LogP contribution in [0.3, 0.4) is 0 Å². The fourth-order valence-corrected chi connectivity index (χ4v) is 2.03. The lowest BCUT2D eigenvalue weighted by Crippen LogP contribution is -2.04. The van der Waals surface area contributed by atoms with E-state index in [-0.39, 0.29) is 17.8 Å². The van der Waals surface area contributed by atoms with Gasteiger partial charge in [-0.15, -0.1) is 0 Å². The Morgan fingerprint density at radius 1 is 1.00 bits per heavy atom. The van der Waals surface area contributed by atoms with Gasteiger partial charge in [0.05, 0.1) is 19.8 Å². The van der Waals surface area contributed by atoms with E-state index in [1.165, 1.54) is 19.2 Å². The minimum absolute atomic E-state index is 0.101. The van der Waals surface area contributed by atoms with Gasteiger partial charge in [-0.3, -0.25) is 4.79 Å². The summed E-state index contributed by atoms with van der Waals surface area (Å²) >= 11 is 0. The predicted octanol–water partition coefficient (Wildman–Crippen LogP) is 3.66. The van der Waals surface area contributed by atoms with Crippen LogP contribution in [0.4, 0.5) is 4.39 Å². The van der Waals surface area contributed by atoms with Crippen LogP contribution in [0.5, 0.6) is 11.5 Å². The Hall–Kier alpha value is -2.36. The zero-order valence-corrected chi connectivity index (χ0v) is 12.1. The number of ether oxygens (including phenoxy) is 2. The molecule has 0 bridgehead atoms. The summed E-state index contributed by atoms with van der Waals surface area (Å²) in [5, 5.41) is 0. The second-order valence-corrected chi connectivity index (χ2v) is 4.62. The van der Waals surface area contributed by atoms with Crippen LogP contribution in [-0.2, 0) is 6.42 Å². The molecule has 0 aliphatic carbocycles. The van der Waals surface area contributed by atoms with Crippen LogP contribution in [-0.4, -0.2) is 20.0 Å². The first kappa shape index (κ1) is 15.0. The molecule has 2 rings (SSSR count). The van der Waals surface area contributed by atoms with Crippen molar-refractivity contribution in [3.05, 3.63) is 59.4 Å². The number of hydrogen-bond donors (Lipinski definition) is 0. The molecule has 21 heavy (non-hydrogen) atoms. The number of benzene rings is 2. The molecule has 0 aromatic heterocycles. The van der Waals surface area contributed by atoms with Crippen molar-refractivity contribution in [3.63, 3.8) is 0 Å². The number of halogens is 1. The summed E-state index contributed by atoms with van der Waals surface area (Å²) in [6, 6.07) is 11.8. The minimum Gasteiger partial charge on any atom is -0.497 e. The minimum atomic E-state index is -0.547. The molecule has 110 valence electrons. The van der Waals surface area contributed by atoms with Crippen molar-refractivity contribution in [1.82, 2.24) is 0 Å². The van der Waals surface area contributed by atoms with E-state index < -0.39 is 5.82 Å². The predicted molar refractivity (Wildman–Crippen MR) is 78.6 cm³/mol. The average molecular weight is 288 g/mol. The Bertz CT molecular complexity index is 620. The van der Waals surface area contributed by atoms with Crippen molar-refractivity contribution in [2.24, 2.45) is 0 Å². The van der Waals surface area contributed by atoms with Crippen molar-refractivity contribution in [3.8, 4) is 11.5 Å². The van der Waals surface area contributed by atoms with Gasteiger partial charge in [0.15, 0.2) is 5.78 Å². The molecule has 0 fully saturated rings. The smallest absolute Gasteiger partial charge is 0.166 e.